The molecule has 15 heavy (non-hydrogen) atoms. The molecule has 0 atom stereocenters. The highest BCUT2D eigenvalue weighted by molar-refractivity contribution is 5.29. The number of likely N-dealkylation sites (N-methyl/N-ethyl adjacent to an activating group) is 1. The number of hydrogen-bond acceptors (Lipinski definition) is 3. The van der Waals surface area contributed by atoms with E-state index in [9.17, 15) is 0 Å². The highest BCUT2D eigenvalue weighted by Gasteiger charge is 2.17. The molecule has 0 saturated heterocycles. The van der Waals surface area contributed by atoms with Crippen molar-refractivity contribution in [1.29, 1.82) is 0 Å². The normalized spacial score (nSPS) is 14.9. The lowest BCUT2D eigenvalue weighted by molar-refractivity contribution is 0.399. The Bertz CT molecular complexity index is 316. The number of nitrogens with zero attached hydrogens (tertiary/aromatic N) is 2. The van der Waals surface area contributed by atoms with Crippen molar-refractivity contribution in [2.75, 3.05) is 27.2 Å². The zero-order valence-corrected chi connectivity index (χ0v) is 9.64. The Kier molecular flexibility index (Phi) is 3.38. The van der Waals surface area contributed by atoms with Crippen molar-refractivity contribution in [1.82, 2.24) is 20.4 Å². The average Bonchev–Trinajstić information content (AvgIpc) is 2.74. The van der Waals surface area contributed by atoms with Crippen LogP contribution < -0.4 is 5.32 Å². The zero-order chi connectivity index (χ0) is 10.7. The van der Waals surface area contributed by atoms with Crippen molar-refractivity contribution in [2.24, 2.45) is 0 Å². The van der Waals surface area contributed by atoms with Gasteiger partial charge in [-0.25, -0.2) is 0 Å². The number of H-pyrrole nitrogens is 1. The van der Waals surface area contributed by atoms with Crippen LogP contribution in [0, 0.1) is 0 Å². The standard InChI is InChI=1S/C11H20N4/c1-15(2)7-6-12-8-11-9-4-3-5-10(9)13-14-11/h12H,3-8H2,1-2H3,(H,13,14). The minimum absolute atomic E-state index is 0.902. The highest BCUT2D eigenvalue weighted by atomic mass is 15.1. The van der Waals surface area contributed by atoms with Gasteiger partial charge in [-0.3, -0.25) is 5.10 Å². The van der Waals surface area contributed by atoms with Gasteiger partial charge in [0.1, 0.15) is 0 Å². The molecule has 0 unspecified atom stereocenters. The first-order valence-corrected chi connectivity index (χ1v) is 5.68. The summed E-state index contributed by atoms with van der Waals surface area (Å²) in [6.45, 7) is 3.00. The summed E-state index contributed by atoms with van der Waals surface area (Å²) in [6.07, 6.45) is 3.67. The molecular formula is C11H20N4. The first-order chi connectivity index (χ1) is 7.27. The fraction of sp³-hybridized carbons (Fsp3) is 0.727. The number of fused-ring (bicyclic) bond motifs is 1. The molecule has 0 spiro atoms. The molecule has 1 aliphatic rings. The van der Waals surface area contributed by atoms with Crippen LogP contribution in [0.15, 0.2) is 0 Å². The third-order valence-electron chi connectivity index (χ3n) is 2.92. The van der Waals surface area contributed by atoms with Gasteiger partial charge >= 0.3 is 0 Å². The first kappa shape index (κ1) is 10.6. The van der Waals surface area contributed by atoms with E-state index >= 15 is 0 Å². The Morgan fingerprint density at radius 2 is 2.27 bits per heavy atom. The van der Waals surface area contributed by atoms with Gasteiger partial charge in [0, 0.05) is 25.3 Å². The van der Waals surface area contributed by atoms with Gasteiger partial charge in [-0.05, 0) is 38.9 Å². The van der Waals surface area contributed by atoms with E-state index in [1.165, 1.54) is 36.2 Å². The Morgan fingerprint density at radius 1 is 1.40 bits per heavy atom. The molecule has 0 aliphatic heterocycles. The molecule has 0 amide bonds. The Labute approximate surface area is 91.1 Å². The predicted molar refractivity (Wildman–Crippen MR) is 60.9 cm³/mol. The maximum atomic E-state index is 4.35. The van der Waals surface area contributed by atoms with Crippen LogP contribution in [0.2, 0.25) is 0 Å². The molecule has 0 radical (unpaired) electrons. The third kappa shape index (κ3) is 2.58. The first-order valence-electron chi connectivity index (χ1n) is 5.68. The van der Waals surface area contributed by atoms with Crippen LogP contribution in [0.25, 0.3) is 0 Å². The number of aromatic nitrogens is 2. The summed E-state index contributed by atoms with van der Waals surface area (Å²) in [4.78, 5) is 2.18. The van der Waals surface area contributed by atoms with Gasteiger partial charge in [0.2, 0.25) is 0 Å². The number of rotatable bonds is 5. The molecule has 1 aliphatic carbocycles. The monoisotopic (exact) mass is 208 g/mol. The molecule has 2 N–H and O–H groups in total. The number of aromatic amines is 1. The quantitative estimate of drug-likeness (QED) is 0.695. The van der Waals surface area contributed by atoms with Crippen LogP contribution >= 0.6 is 0 Å². The van der Waals surface area contributed by atoms with E-state index in [1.807, 2.05) is 0 Å². The molecule has 1 aromatic rings. The average molecular weight is 208 g/mol. The lowest BCUT2D eigenvalue weighted by atomic mass is 10.2. The van der Waals surface area contributed by atoms with Crippen LogP contribution in [-0.2, 0) is 19.4 Å². The highest BCUT2D eigenvalue weighted by Crippen LogP contribution is 2.22. The van der Waals surface area contributed by atoms with E-state index in [0.717, 1.165) is 19.6 Å². The summed E-state index contributed by atoms with van der Waals surface area (Å²) in [5.74, 6) is 0. The zero-order valence-electron chi connectivity index (χ0n) is 9.64. The van der Waals surface area contributed by atoms with E-state index in [1.54, 1.807) is 0 Å². The van der Waals surface area contributed by atoms with Crippen LogP contribution in [0.5, 0.6) is 0 Å². The van der Waals surface area contributed by atoms with Gasteiger partial charge in [-0.1, -0.05) is 0 Å². The molecular weight excluding hydrogens is 188 g/mol. The van der Waals surface area contributed by atoms with Crippen LogP contribution in [0.4, 0.5) is 0 Å². The Hall–Kier alpha value is -0.870. The maximum absolute atomic E-state index is 4.35. The van der Waals surface area contributed by atoms with Crippen LogP contribution in [-0.4, -0.2) is 42.3 Å². The van der Waals surface area contributed by atoms with Crippen LogP contribution in [0.3, 0.4) is 0 Å². The lowest BCUT2D eigenvalue weighted by Gasteiger charge is -2.09. The van der Waals surface area contributed by atoms with E-state index in [-0.39, 0.29) is 0 Å². The molecule has 0 aromatic carbocycles. The summed E-state index contributed by atoms with van der Waals surface area (Å²) < 4.78 is 0. The summed E-state index contributed by atoms with van der Waals surface area (Å²) >= 11 is 0. The fourth-order valence-corrected chi connectivity index (χ4v) is 2.04. The molecule has 1 aromatic heterocycles. The molecule has 1 heterocycles. The molecule has 84 valence electrons. The molecule has 4 heteroatoms. The van der Waals surface area contributed by atoms with Crippen molar-refractivity contribution >= 4 is 0 Å². The fourth-order valence-electron chi connectivity index (χ4n) is 2.04. The van der Waals surface area contributed by atoms with Crippen molar-refractivity contribution in [3.8, 4) is 0 Å². The molecule has 2 rings (SSSR count). The van der Waals surface area contributed by atoms with E-state index in [2.05, 4.69) is 34.5 Å². The second-order valence-electron chi connectivity index (χ2n) is 4.46. The van der Waals surface area contributed by atoms with Gasteiger partial charge in [-0.2, -0.15) is 5.10 Å². The molecule has 0 saturated carbocycles. The van der Waals surface area contributed by atoms with Gasteiger partial charge < -0.3 is 10.2 Å². The predicted octanol–water partition coefficient (Wildman–Crippen LogP) is 0.550. The van der Waals surface area contributed by atoms with Crippen LogP contribution in [0.1, 0.15) is 23.4 Å². The van der Waals surface area contributed by atoms with Gasteiger partial charge in [0.25, 0.3) is 0 Å². The van der Waals surface area contributed by atoms with Gasteiger partial charge in [0.15, 0.2) is 0 Å². The number of hydrogen-bond donors (Lipinski definition) is 2. The van der Waals surface area contributed by atoms with E-state index in [4.69, 9.17) is 0 Å². The van der Waals surface area contributed by atoms with Crippen molar-refractivity contribution in [3.63, 3.8) is 0 Å². The lowest BCUT2D eigenvalue weighted by Crippen LogP contribution is -2.26. The van der Waals surface area contributed by atoms with Crippen molar-refractivity contribution in [3.05, 3.63) is 17.0 Å². The Balaban J connectivity index is 1.79. The van der Waals surface area contributed by atoms with Crippen molar-refractivity contribution in [2.45, 2.75) is 25.8 Å². The summed E-state index contributed by atoms with van der Waals surface area (Å²) in [5, 5.41) is 10.9. The Morgan fingerprint density at radius 3 is 3.07 bits per heavy atom. The number of aryl methyl sites for hydroxylation is 1. The molecule has 4 nitrogen and oxygen atoms in total. The van der Waals surface area contributed by atoms with Gasteiger partial charge in [0.05, 0.1) is 5.69 Å². The summed E-state index contributed by atoms with van der Waals surface area (Å²) in [5.41, 5.74) is 4.05. The van der Waals surface area contributed by atoms with E-state index in [0.29, 0.717) is 0 Å². The number of nitrogens with one attached hydrogen (secondary N) is 2. The topological polar surface area (TPSA) is 44.0 Å². The second-order valence-corrected chi connectivity index (χ2v) is 4.46. The van der Waals surface area contributed by atoms with Crippen molar-refractivity contribution < 1.29 is 0 Å². The smallest absolute Gasteiger partial charge is 0.0794 e. The summed E-state index contributed by atoms with van der Waals surface area (Å²) in [7, 11) is 4.18. The SMILES string of the molecule is CN(C)CCNCc1n[nH]c2c1CCC2. The van der Waals surface area contributed by atoms with Gasteiger partial charge in [-0.15, -0.1) is 0 Å². The maximum Gasteiger partial charge on any atom is 0.0794 e. The van der Waals surface area contributed by atoms with E-state index < -0.39 is 0 Å². The minimum Gasteiger partial charge on any atom is -0.310 e. The third-order valence-corrected chi connectivity index (χ3v) is 2.92. The largest absolute Gasteiger partial charge is 0.310 e. The minimum atomic E-state index is 0.902. The molecule has 0 bridgehead atoms. The molecule has 0 fully saturated rings. The summed E-state index contributed by atoms with van der Waals surface area (Å²) in [6, 6.07) is 0. The second kappa shape index (κ2) is 4.77.